The van der Waals surface area contributed by atoms with E-state index >= 15 is 0 Å². The number of hydrogen-bond acceptors (Lipinski definition) is 3. The third-order valence-electron chi connectivity index (χ3n) is 3.12. The number of aliphatic hydroxyl groups excluding tert-OH is 1. The highest BCUT2D eigenvalue weighted by molar-refractivity contribution is 7.98. The number of aliphatic hydroxyl groups is 1. The standard InChI is InChI=1S/C15H12O2S/c16-8-10-5-6-13-14(7-10)18-9-11-3-1-2-4-12(11)15(13)17/h1-7,16H,8-9H2. The van der Waals surface area contributed by atoms with Crippen molar-refractivity contribution in [3.63, 3.8) is 0 Å². The normalized spacial score (nSPS) is 13.7. The summed E-state index contributed by atoms with van der Waals surface area (Å²) in [6.07, 6.45) is 0. The number of hydrogen-bond donors (Lipinski definition) is 1. The molecular weight excluding hydrogens is 244 g/mol. The Balaban J connectivity index is 2.15. The van der Waals surface area contributed by atoms with E-state index in [9.17, 15) is 4.79 Å². The fraction of sp³-hybridized carbons (Fsp3) is 0.133. The van der Waals surface area contributed by atoms with Gasteiger partial charge in [0.15, 0.2) is 5.78 Å². The lowest BCUT2D eigenvalue weighted by atomic mass is 9.98. The van der Waals surface area contributed by atoms with Crippen LogP contribution >= 0.6 is 11.8 Å². The molecule has 3 heteroatoms. The van der Waals surface area contributed by atoms with Gasteiger partial charge in [-0.3, -0.25) is 4.79 Å². The molecule has 18 heavy (non-hydrogen) atoms. The van der Waals surface area contributed by atoms with Crippen molar-refractivity contribution >= 4 is 17.5 Å². The van der Waals surface area contributed by atoms with Crippen LogP contribution in [0.4, 0.5) is 0 Å². The second-order valence-corrected chi connectivity index (χ2v) is 5.28. The van der Waals surface area contributed by atoms with Crippen LogP contribution in [0.1, 0.15) is 27.0 Å². The Morgan fingerprint density at radius 3 is 2.78 bits per heavy atom. The summed E-state index contributed by atoms with van der Waals surface area (Å²) >= 11 is 1.65. The molecule has 0 unspecified atom stereocenters. The number of carbonyl (C=O) groups is 1. The van der Waals surface area contributed by atoms with Gasteiger partial charge < -0.3 is 5.11 Å². The van der Waals surface area contributed by atoms with Crippen LogP contribution in [-0.2, 0) is 12.4 Å². The average Bonchev–Trinajstić information content (AvgIpc) is 2.57. The lowest BCUT2D eigenvalue weighted by Crippen LogP contribution is -2.03. The first-order valence-electron chi connectivity index (χ1n) is 5.79. The lowest BCUT2D eigenvalue weighted by Gasteiger charge is -2.05. The minimum Gasteiger partial charge on any atom is -0.392 e. The molecule has 2 aromatic rings. The molecule has 0 radical (unpaired) electrons. The van der Waals surface area contributed by atoms with Crippen molar-refractivity contribution in [2.45, 2.75) is 17.3 Å². The fourth-order valence-electron chi connectivity index (χ4n) is 2.14. The summed E-state index contributed by atoms with van der Waals surface area (Å²) in [5.41, 5.74) is 3.46. The minimum absolute atomic E-state index is 0.00891. The average molecular weight is 256 g/mol. The summed E-state index contributed by atoms with van der Waals surface area (Å²) in [7, 11) is 0. The molecule has 1 heterocycles. The van der Waals surface area contributed by atoms with E-state index in [4.69, 9.17) is 5.11 Å². The third kappa shape index (κ3) is 1.85. The maximum absolute atomic E-state index is 12.5. The van der Waals surface area contributed by atoms with Crippen molar-refractivity contribution in [2.75, 3.05) is 0 Å². The number of thioether (sulfide) groups is 1. The number of ketones is 1. The van der Waals surface area contributed by atoms with Gasteiger partial charge >= 0.3 is 0 Å². The van der Waals surface area contributed by atoms with Crippen LogP contribution < -0.4 is 0 Å². The second-order valence-electron chi connectivity index (χ2n) is 4.26. The second kappa shape index (κ2) is 4.59. The molecule has 1 aliphatic heterocycles. The van der Waals surface area contributed by atoms with Gasteiger partial charge in [-0.25, -0.2) is 0 Å². The number of fused-ring (bicyclic) bond motifs is 2. The molecular formula is C15H12O2S. The summed E-state index contributed by atoms with van der Waals surface area (Å²) in [5, 5.41) is 9.15. The van der Waals surface area contributed by atoms with Gasteiger partial charge in [-0.15, -0.1) is 11.8 Å². The molecule has 0 aromatic heterocycles. The molecule has 0 saturated carbocycles. The van der Waals surface area contributed by atoms with E-state index in [-0.39, 0.29) is 12.4 Å². The van der Waals surface area contributed by atoms with E-state index in [0.717, 1.165) is 32.9 Å². The van der Waals surface area contributed by atoms with Crippen molar-refractivity contribution in [3.8, 4) is 0 Å². The van der Waals surface area contributed by atoms with Gasteiger partial charge in [0.05, 0.1) is 6.61 Å². The van der Waals surface area contributed by atoms with Crippen molar-refractivity contribution < 1.29 is 9.90 Å². The van der Waals surface area contributed by atoms with Gasteiger partial charge in [0.25, 0.3) is 0 Å². The van der Waals surface area contributed by atoms with Gasteiger partial charge in [-0.05, 0) is 23.3 Å². The summed E-state index contributed by atoms with van der Waals surface area (Å²) < 4.78 is 0. The monoisotopic (exact) mass is 256 g/mol. The third-order valence-corrected chi connectivity index (χ3v) is 4.22. The zero-order valence-electron chi connectivity index (χ0n) is 9.72. The molecule has 90 valence electrons. The molecule has 2 aromatic carbocycles. The molecule has 0 amide bonds. The van der Waals surface area contributed by atoms with E-state index < -0.39 is 0 Å². The topological polar surface area (TPSA) is 37.3 Å². The number of carbonyl (C=O) groups excluding carboxylic acids is 1. The molecule has 1 aliphatic rings. The first-order chi connectivity index (χ1) is 8.79. The highest BCUT2D eigenvalue weighted by Crippen LogP contribution is 2.34. The lowest BCUT2D eigenvalue weighted by molar-refractivity contribution is 0.103. The van der Waals surface area contributed by atoms with Crippen molar-refractivity contribution in [3.05, 3.63) is 64.7 Å². The molecule has 3 rings (SSSR count). The van der Waals surface area contributed by atoms with Crippen LogP contribution in [-0.4, -0.2) is 10.9 Å². The van der Waals surface area contributed by atoms with Gasteiger partial charge in [0.1, 0.15) is 0 Å². The van der Waals surface area contributed by atoms with Crippen molar-refractivity contribution in [2.24, 2.45) is 0 Å². The molecule has 0 aliphatic carbocycles. The first kappa shape index (κ1) is 11.5. The van der Waals surface area contributed by atoms with Gasteiger partial charge in [-0.1, -0.05) is 30.3 Å². The summed E-state index contributed by atoms with van der Waals surface area (Å²) in [6, 6.07) is 13.3. The Bertz CT molecular complexity index is 620. The maximum Gasteiger partial charge on any atom is 0.194 e. The zero-order chi connectivity index (χ0) is 12.5. The summed E-state index contributed by atoms with van der Waals surface area (Å²) in [4.78, 5) is 13.4. The van der Waals surface area contributed by atoms with Crippen LogP contribution in [0, 0.1) is 0 Å². The van der Waals surface area contributed by atoms with E-state index in [2.05, 4.69) is 0 Å². The molecule has 0 fully saturated rings. The highest BCUT2D eigenvalue weighted by Gasteiger charge is 2.21. The van der Waals surface area contributed by atoms with Crippen LogP contribution in [0.25, 0.3) is 0 Å². The maximum atomic E-state index is 12.5. The largest absolute Gasteiger partial charge is 0.392 e. The molecule has 1 N–H and O–H groups in total. The van der Waals surface area contributed by atoms with Gasteiger partial charge in [0, 0.05) is 21.8 Å². The van der Waals surface area contributed by atoms with E-state index in [1.807, 2.05) is 42.5 Å². The Morgan fingerprint density at radius 2 is 1.94 bits per heavy atom. The van der Waals surface area contributed by atoms with Crippen LogP contribution in [0.15, 0.2) is 47.4 Å². The zero-order valence-corrected chi connectivity index (χ0v) is 10.5. The fourth-order valence-corrected chi connectivity index (χ4v) is 3.25. The molecule has 0 atom stereocenters. The van der Waals surface area contributed by atoms with Crippen LogP contribution in [0.2, 0.25) is 0 Å². The van der Waals surface area contributed by atoms with Gasteiger partial charge in [0.2, 0.25) is 0 Å². The Labute approximate surface area is 110 Å². The van der Waals surface area contributed by atoms with Crippen molar-refractivity contribution in [1.82, 2.24) is 0 Å². The molecule has 2 nitrogen and oxygen atoms in total. The Hall–Kier alpha value is -1.58. The molecule has 0 spiro atoms. The van der Waals surface area contributed by atoms with E-state index in [1.165, 1.54) is 0 Å². The molecule has 0 bridgehead atoms. The van der Waals surface area contributed by atoms with Crippen LogP contribution in [0.5, 0.6) is 0 Å². The SMILES string of the molecule is O=C1c2ccccc2CSc2cc(CO)ccc21. The number of benzene rings is 2. The van der Waals surface area contributed by atoms with Gasteiger partial charge in [-0.2, -0.15) is 0 Å². The first-order valence-corrected chi connectivity index (χ1v) is 6.77. The van der Waals surface area contributed by atoms with Crippen LogP contribution in [0.3, 0.4) is 0 Å². The Morgan fingerprint density at radius 1 is 1.11 bits per heavy atom. The minimum atomic E-state index is 0.00891. The predicted octanol–water partition coefficient (Wildman–Crippen LogP) is 3.02. The quantitative estimate of drug-likeness (QED) is 0.852. The summed E-state index contributed by atoms with van der Waals surface area (Å²) in [6.45, 7) is 0.00891. The van der Waals surface area contributed by atoms with Crippen molar-refractivity contribution in [1.29, 1.82) is 0 Å². The van der Waals surface area contributed by atoms with E-state index in [1.54, 1.807) is 11.8 Å². The number of rotatable bonds is 1. The smallest absolute Gasteiger partial charge is 0.194 e. The Kier molecular flexibility index (Phi) is 2.94. The summed E-state index contributed by atoms with van der Waals surface area (Å²) in [5.74, 6) is 0.874. The highest BCUT2D eigenvalue weighted by atomic mass is 32.2. The van der Waals surface area contributed by atoms with E-state index in [0.29, 0.717) is 0 Å². The molecule has 0 saturated heterocycles. The predicted molar refractivity (Wildman–Crippen MR) is 71.8 cm³/mol.